The summed E-state index contributed by atoms with van der Waals surface area (Å²) in [7, 11) is 0. The molecule has 0 spiro atoms. The first-order chi connectivity index (χ1) is 26.1. The molecule has 9 nitrogen and oxygen atoms in total. The van der Waals surface area contributed by atoms with Crippen LogP contribution in [0.4, 0.5) is 4.39 Å². The lowest BCUT2D eigenvalue weighted by Crippen LogP contribution is -2.41. The fourth-order valence-electron chi connectivity index (χ4n) is 10.3. The zero-order valence-electron chi connectivity index (χ0n) is 30.6. The Morgan fingerprint density at radius 1 is 1.15 bits per heavy atom. The molecule has 11 rings (SSSR count). The minimum atomic E-state index is -0.469. The van der Waals surface area contributed by atoms with Crippen molar-refractivity contribution in [2.75, 3.05) is 13.1 Å². The number of hydrogen-bond donors (Lipinski definition) is 1. The molecule has 3 saturated heterocycles. The summed E-state index contributed by atoms with van der Waals surface area (Å²) in [6, 6.07) is 12.0. The van der Waals surface area contributed by atoms with E-state index in [-0.39, 0.29) is 58.4 Å². The molecule has 3 saturated carbocycles. The Labute approximate surface area is 323 Å². The number of nitrogens with zero attached hydrogens (tertiary/aromatic N) is 7. The molecule has 1 N–H and O–H groups in total. The van der Waals surface area contributed by atoms with Gasteiger partial charge < -0.3 is 14.8 Å². The van der Waals surface area contributed by atoms with E-state index in [1.807, 2.05) is 17.7 Å². The highest BCUT2D eigenvalue weighted by Crippen LogP contribution is 2.52. The average molecular weight is 766 g/mol. The summed E-state index contributed by atoms with van der Waals surface area (Å²) >= 11 is 13.2. The Morgan fingerprint density at radius 2 is 1.96 bits per heavy atom. The van der Waals surface area contributed by atoms with E-state index in [9.17, 15) is 10.1 Å². The molecule has 5 aromatic rings. The number of fused-ring (bicyclic) bond motifs is 4. The molecule has 2 bridgehead atoms. The highest BCUT2D eigenvalue weighted by molar-refractivity contribution is 6.43. The Hall–Kier alpha value is -4.04. The van der Waals surface area contributed by atoms with E-state index in [0.717, 1.165) is 66.6 Å². The van der Waals surface area contributed by atoms with Crippen LogP contribution >= 0.6 is 23.2 Å². The third-order valence-corrected chi connectivity index (χ3v) is 14.3. The van der Waals surface area contributed by atoms with Gasteiger partial charge in [0.05, 0.1) is 45.5 Å². The van der Waals surface area contributed by atoms with Crippen LogP contribution in [0.3, 0.4) is 0 Å². The fourth-order valence-corrected chi connectivity index (χ4v) is 10.7. The predicted octanol–water partition coefficient (Wildman–Crippen LogP) is 8.95. The molecule has 6 aliphatic rings. The third-order valence-electron chi connectivity index (χ3n) is 13.5. The quantitative estimate of drug-likeness (QED) is 0.169. The summed E-state index contributed by atoms with van der Waals surface area (Å²) in [4.78, 5) is 21.3. The van der Waals surface area contributed by atoms with E-state index in [0.29, 0.717) is 52.4 Å². The maximum absolute atomic E-state index is 17.3. The Balaban J connectivity index is 1.17. The highest BCUT2D eigenvalue weighted by atomic mass is 35.5. The van der Waals surface area contributed by atoms with Crippen LogP contribution in [-0.2, 0) is 16.6 Å². The zero-order valence-corrected chi connectivity index (χ0v) is 32.1. The van der Waals surface area contributed by atoms with Crippen molar-refractivity contribution in [3.63, 3.8) is 0 Å². The molecule has 3 aromatic heterocycles. The van der Waals surface area contributed by atoms with E-state index >= 15 is 4.39 Å². The lowest BCUT2D eigenvalue weighted by molar-refractivity contribution is -0.133. The molecule has 278 valence electrons. The van der Waals surface area contributed by atoms with E-state index in [2.05, 4.69) is 40.0 Å². The number of carbonyl (C=O) groups is 1. The van der Waals surface area contributed by atoms with Crippen LogP contribution in [-0.4, -0.2) is 54.5 Å². The summed E-state index contributed by atoms with van der Waals surface area (Å²) in [5, 5.41) is 25.0. The zero-order chi connectivity index (χ0) is 37.0. The molecule has 54 heavy (non-hydrogen) atoms. The van der Waals surface area contributed by atoms with Crippen LogP contribution in [0.5, 0.6) is 0 Å². The van der Waals surface area contributed by atoms with Crippen molar-refractivity contribution in [2.24, 2.45) is 11.8 Å². The number of nitriles is 1. The number of likely N-dealkylation sites (tertiary alicyclic amines) is 1. The van der Waals surface area contributed by atoms with Crippen molar-refractivity contribution in [2.45, 2.75) is 108 Å². The number of rotatable bonds is 8. The molecule has 0 unspecified atom stereocenters. The van der Waals surface area contributed by atoms with Gasteiger partial charge in [-0.3, -0.25) is 4.79 Å². The van der Waals surface area contributed by atoms with Gasteiger partial charge in [0, 0.05) is 76.4 Å². The molecular formula is C42H43Cl2FN8O. The molecular weight excluding hydrogens is 722 g/mol. The van der Waals surface area contributed by atoms with E-state index in [1.54, 1.807) is 18.2 Å². The van der Waals surface area contributed by atoms with Crippen LogP contribution < -0.4 is 5.32 Å². The first-order valence-electron chi connectivity index (χ1n) is 19.6. The minimum absolute atomic E-state index is 0.0114. The van der Waals surface area contributed by atoms with E-state index in [4.69, 9.17) is 38.5 Å². The van der Waals surface area contributed by atoms with Gasteiger partial charge in [0.15, 0.2) is 5.82 Å². The standard InChI is InChI=1S/C42H43Cl2FN8O/c1-22-28-18-33(32-17-26(20-51(32)41(54)23-10-11-23)52-21-34(49-50-52)42(2)12-3-4-13-42)53(39-25-16-31(39)47-19-25)40(28)29-15-24(7-6-14-46)35(37(45)38(29)48-22)27-8-5-9-30(43)36(27)44/h5,8-9,15,18,21,23,25-26,31-32,39,47H,3-4,6-7,10-13,16-17,19-20H2,1-2H3/t25-,26+,31-,32-,39+/m1/s1. The monoisotopic (exact) mass is 764 g/mol. The van der Waals surface area contributed by atoms with Gasteiger partial charge >= 0.3 is 0 Å². The first-order valence-corrected chi connectivity index (χ1v) is 20.3. The number of pyridine rings is 1. The normalized spacial score (nSPS) is 25.9. The number of benzene rings is 2. The van der Waals surface area contributed by atoms with Crippen molar-refractivity contribution in [3.8, 4) is 17.2 Å². The van der Waals surface area contributed by atoms with Crippen LogP contribution in [0.1, 0.15) is 105 Å². The Morgan fingerprint density at radius 3 is 2.69 bits per heavy atom. The summed E-state index contributed by atoms with van der Waals surface area (Å²) in [6.45, 7) is 5.75. The van der Waals surface area contributed by atoms with Gasteiger partial charge in [-0.15, -0.1) is 5.10 Å². The smallest absolute Gasteiger partial charge is 0.226 e. The maximum Gasteiger partial charge on any atom is 0.226 e. The van der Waals surface area contributed by atoms with Gasteiger partial charge in [0.25, 0.3) is 0 Å². The molecule has 1 amide bonds. The second-order valence-electron chi connectivity index (χ2n) is 16.8. The minimum Gasteiger partial charge on any atom is -0.337 e. The second kappa shape index (κ2) is 12.8. The number of carbonyl (C=O) groups excluding carboxylic acids is 1. The Kier molecular flexibility index (Phi) is 8.14. The van der Waals surface area contributed by atoms with Crippen molar-refractivity contribution < 1.29 is 9.18 Å². The largest absolute Gasteiger partial charge is 0.337 e. The topological polar surface area (TPSA) is 105 Å². The summed E-state index contributed by atoms with van der Waals surface area (Å²) in [5.41, 5.74) is 5.61. The summed E-state index contributed by atoms with van der Waals surface area (Å²) in [5.74, 6) is 0.231. The van der Waals surface area contributed by atoms with Crippen LogP contribution in [0, 0.1) is 35.9 Å². The van der Waals surface area contributed by atoms with Crippen molar-refractivity contribution >= 4 is 50.9 Å². The fraction of sp³-hybridized carbons (Fsp3) is 0.500. The molecule has 2 aromatic carbocycles. The molecule has 3 aliphatic heterocycles. The van der Waals surface area contributed by atoms with Crippen LogP contribution in [0.25, 0.3) is 32.9 Å². The van der Waals surface area contributed by atoms with Crippen LogP contribution in [0.2, 0.25) is 10.0 Å². The van der Waals surface area contributed by atoms with Crippen molar-refractivity contribution in [1.29, 1.82) is 5.26 Å². The van der Waals surface area contributed by atoms with Gasteiger partial charge in [0.2, 0.25) is 5.91 Å². The van der Waals surface area contributed by atoms with Gasteiger partial charge in [-0.1, -0.05) is 60.3 Å². The highest BCUT2D eigenvalue weighted by Gasteiger charge is 2.51. The van der Waals surface area contributed by atoms with Gasteiger partial charge in [-0.25, -0.2) is 14.1 Å². The number of halogens is 3. The molecule has 0 radical (unpaired) electrons. The van der Waals surface area contributed by atoms with Gasteiger partial charge in [-0.05, 0) is 81.5 Å². The molecule has 5 atom stereocenters. The maximum atomic E-state index is 17.3. The second-order valence-corrected chi connectivity index (χ2v) is 17.6. The number of amides is 1. The molecule has 6 heterocycles. The molecule has 12 heteroatoms. The van der Waals surface area contributed by atoms with Crippen LogP contribution in [0.15, 0.2) is 36.5 Å². The average Bonchev–Trinajstić information content (AvgIpc) is 3.81. The Bertz CT molecular complexity index is 2390. The third kappa shape index (κ3) is 5.25. The first kappa shape index (κ1) is 34.5. The number of aryl methyl sites for hydroxylation is 2. The number of aromatic nitrogens is 5. The number of nitrogens with one attached hydrogen (secondary N) is 1. The predicted molar refractivity (Wildman–Crippen MR) is 207 cm³/mol. The van der Waals surface area contributed by atoms with Crippen molar-refractivity contribution in [1.82, 2.24) is 34.8 Å². The van der Waals surface area contributed by atoms with E-state index in [1.165, 1.54) is 12.8 Å². The van der Waals surface area contributed by atoms with Crippen molar-refractivity contribution in [3.05, 3.63) is 75.0 Å². The van der Waals surface area contributed by atoms with Gasteiger partial charge in [0.1, 0.15) is 5.52 Å². The van der Waals surface area contributed by atoms with Gasteiger partial charge in [-0.2, -0.15) is 5.26 Å². The van der Waals surface area contributed by atoms with E-state index < -0.39 is 5.82 Å². The lowest BCUT2D eigenvalue weighted by atomic mass is 9.79. The number of hydrogen-bond acceptors (Lipinski definition) is 6. The summed E-state index contributed by atoms with van der Waals surface area (Å²) in [6.07, 6.45) is 11.0. The lowest BCUT2D eigenvalue weighted by Gasteiger charge is -2.39. The summed E-state index contributed by atoms with van der Waals surface area (Å²) < 4.78 is 21.7. The molecule has 6 fully saturated rings. The molecule has 3 aliphatic carbocycles. The SMILES string of the molecule is Cc1nc2c(F)c(-c3cccc(Cl)c3Cl)c(CCC#N)cc2c2c1cc([C@H]1C[C@H](n3cc(C4(C)CCCC4)nn3)CN1C(=O)C1CC1)n2[C@H]1[C@H]2CN[C@@H]1C2.